The van der Waals surface area contributed by atoms with Crippen molar-refractivity contribution >= 4 is 5.97 Å². The Hall–Kier alpha value is -1.49. The number of esters is 1. The fourth-order valence-electron chi connectivity index (χ4n) is 1.47. The van der Waals surface area contributed by atoms with Gasteiger partial charge in [0.1, 0.15) is 6.61 Å². The molecular weight excluding hydrogens is 232 g/mol. The third-order valence-electron chi connectivity index (χ3n) is 2.59. The number of carbonyl (C=O) groups is 1. The lowest BCUT2D eigenvalue weighted by Gasteiger charge is -2.19. The van der Waals surface area contributed by atoms with Gasteiger partial charge in [0.2, 0.25) is 0 Å². The molecule has 0 radical (unpaired) electrons. The van der Waals surface area contributed by atoms with Crippen LogP contribution in [0.4, 0.5) is 0 Å². The average Bonchev–Trinajstić information content (AvgIpc) is 2.81. The minimum absolute atomic E-state index is 0.280. The molecule has 1 aliphatic heterocycles. The smallest absolute Gasteiger partial charge is 0.333 e. The lowest BCUT2D eigenvalue weighted by Crippen LogP contribution is -2.28. The first-order valence-electron chi connectivity index (χ1n) is 6.20. The minimum atomic E-state index is -0.361. The van der Waals surface area contributed by atoms with Crippen molar-refractivity contribution in [2.24, 2.45) is 0 Å². The van der Waals surface area contributed by atoms with Gasteiger partial charge in [0.15, 0.2) is 0 Å². The van der Waals surface area contributed by atoms with E-state index in [1.165, 1.54) is 0 Å². The predicted molar refractivity (Wildman–Crippen MR) is 69.7 cm³/mol. The number of ether oxygens (including phenoxy) is 2. The molecule has 0 saturated carbocycles. The molecule has 102 valence electrons. The van der Waals surface area contributed by atoms with Gasteiger partial charge in [0.05, 0.1) is 19.9 Å². The Kier molecular flexibility index (Phi) is 6.28. The largest absolute Gasteiger partial charge is 0.460 e. The third-order valence-corrected chi connectivity index (χ3v) is 2.59. The maximum absolute atomic E-state index is 11.1. The first kappa shape index (κ1) is 14.6. The highest BCUT2D eigenvalue weighted by Crippen LogP contribution is 2.04. The summed E-state index contributed by atoms with van der Waals surface area (Å²) in [6.07, 6.45) is 4.14. The topological polar surface area (TPSA) is 42.0 Å². The van der Waals surface area contributed by atoms with E-state index >= 15 is 0 Å². The maximum Gasteiger partial charge on any atom is 0.333 e. The molecular formula is C13H22N2O3. The SMILES string of the molecule is C=C(C)C(=O)OCCOCCN1C=CN(CC)C1. The molecule has 5 heteroatoms. The molecule has 5 nitrogen and oxygen atoms in total. The van der Waals surface area contributed by atoms with E-state index in [-0.39, 0.29) is 12.6 Å². The monoisotopic (exact) mass is 254 g/mol. The van der Waals surface area contributed by atoms with Crippen LogP contribution in [0.2, 0.25) is 0 Å². The molecule has 0 aromatic carbocycles. The molecule has 0 aromatic heterocycles. The van der Waals surface area contributed by atoms with E-state index in [9.17, 15) is 4.79 Å². The number of hydrogen-bond acceptors (Lipinski definition) is 5. The second-order valence-corrected chi connectivity index (χ2v) is 4.19. The molecule has 0 N–H and O–H groups in total. The van der Waals surface area contributed by atoms with Crippen LogP contribution in [0.25, 0.3) is 0 Å². The van der Waals surface area contributed by atoms with Crippen molar-refractivity contribution in [2.75, 3.05) is 39.6 Å². The molecule has 0 aromatic rings. The molecule has 1 heterocycles. The van der Waals surface area contributed by atoms with Gasteiger partial charge in [-0.1, -0.05) is 6.58 Å². The molecule has 0 atom stereocenters. The maximum atomic E-state index is 11.1. The van der Waals surface area contributed by atoms with Crippen LogP contribution in [0, 0.1) is 0 Å². The van der Waals surface area contributed by atoms with E-state index in [4.69, 9.17) is 9.47 Å². The number of nitrogens with zero attached hydrogens (tertiary/aromatic N) is 2. The van der Waals surface area contributed by atoms with Gasteiger partial charge in [-0.2, -0.15) is 0 Å². The zero-order valence-corrected chi connectivity index (χ0v) is 11.2. The van der Waals surface area contributed by atoms with E-state index < -0.39 is 0 Å². The van der Waals surface area contributed by atoms with Gasteiger partial charge < -0.3 is 19.3 Å². The molecule has 0 amide bonds. The summed E-state index contributed by atoms with van der Waals surface area (Å²) >= 11 is 0. The van der Waals surface area contributed by atoms with Crippen molar-refractivity contribution in [3.05, 3.63) is 24.6 Å². The van der Waals surface area contributed by atoms with Crippen LogP contribution >= 0.6 is 0 Å². The minimum Gasteiger partial charge on any atom is -0.460 e. The van der Waals surface area contributed by atoms with Crippen LogP contribution in [0.1, 0.15) is 13.8 Å². The quantitative estimate of drug-likeness (QED) is 0.370. The van der Waals surface area contributed by atoms with Crippen molar-refractivity contribution in [2.45, 2.75) is 13.8 Å². The first-order chi connectivity index (χ1) is 8.63. The lowest BCUT2D eigenvalue weighted by atomic mass is 10.4. The molecule has 0 saturated heterocycles. The molecule has 0 spiro atoms. The van der Waals surface area contributed by atoms with Crippen LogP contribution in [0.3, 0.4) is 0 Å². The Balaban J connectivity index is 1.95. The summed E-state index contributed by atoms with van der Waals surface area (Å²) < 4.78 is 10.3. The van der Waals surface area contributed by atoms with E-state index in [2.05, 4.69) is 35.7 Å². The van der Waals surface area contributed by atoms with Gasteiger partial charge in [-0.15, -0.1) is 0 Å². The fraction of sp³-hybridized carbons (Fsp3) is 0.615. The molecule has 0 aliphatic carbocycles. The molecule has 0 unspecified atom stereocenters. The van der Waals surface area contributed by atoms with Crippen molar-refractivity contribution in [1.82, 2.24) is 9.80 Å². The van der Waals surface area contributed by atoms with E-state index in [1.54, 1.807) is 6.92 Å². The second kappa shape index (κ2) is 7.76. The Labute approximate surface area is 109 Å². The van der Waals surface area contributed by atoms with Crippen LogP contribution in [0.5, 0.6) is 0 Å². The van der Waals surface area contributed by atoms with Crippen LogP contribution < -0.4 is 0 Å². The van der Waals surface area contributed by atoms with Crippen LogP contribution in [0.15, 0.2) is 24.6 Å². The first-order valence-corrected chi connectivity index (χ1v) is 6.20. The average molecular weight is 254 g/mol. The van der Waals surface area contributed by atoms with E-state index in [0.29, 0.717) is 18.8 Å². The zero-order valence-electron chi connectivity index (χ0n) is 11.2. The Morgan fingerprint density at radius 1 is 1.28 bits per heavy atom. The predicted octanol–water partition coefficient (Wildman–Crippen LogP) is 1.19. The van der Waals surface area contributed by atoms with Crippen molar-refractivity contribution in [1.29, 1.82) is 0 Å². The van der Waals surface area contributed by atoms with Gasteiger partial charge in [0.25, 0.3) is 0 Å². The van der Waals surface area contributed by atoms with E-state index in [0.717, 1.165) is 19.8 Å². The van der Waals surface area contributed by atoms with Crippen molar-refractivity contribution in [3.8, 4) is 0 Å². The van der Waals surface area contributed by atoms with Gasteiger partial charge in [-0.25, -0.2) is 4.79 Å². The summed E-state index contributed by atoms with van der Waals surface area (Å²) in [5.74, 6) is -0.361. The van der Waals surface area contributed by atoms with Gasteiger partial charge in [0, 0.05) is 31.1 Å². The summed E-state index contributed by atoms with van der Waals surface area (Å²) in [7, 11) is 0. The summed E-state index contributed by atoms with van der Waals surface area (Å²) in [6, 6.07) is 0. The van der Waals surface area contributed by atoms with Gasteiger partial charge in [-0.05, 0) is 13.8 Å². The number of hydrogen-bond donors (Lipinski definition) is 0. The van der Waals surface area contributed by atoms with E-state index in [1.807, 2.05) is 0 Å². The van der Waals surface area contributed by atoms with Gasteiger partial charge >= 0.3 is 5.97 Å². The summed E-state index contributed by atoms with van der Waals surface area (Å²) in [5.41, 5.74) is 0.414. The lowest BCUT2D eigenvalue weighted by molar-refractivity contribution is -0.140. The van der Waals surface area contributed by atoms with Gasteiger partial charge in [-0.3, -0.25) is 0 Å². The highest BCUT2D eigenvalue weighted by molar-refractivity contribution is 5.86. The van der Waals surface area contributed by atoms with Crippen molar-refractivity contribution in [3.63, 3.8) is 0 Å². The standard InChI is InChI=1S/C13H22N2O3/c1-4-14-5-6-15(11-14)7-8-17-9-10-18-13(16)12(2)3/h5-6H,2,4,7-11H2,1,3H3. The summed E-state index contributed by atoms with van der Waals surface area (Å²) in [6.45, 7) is 11.4. The normalized spacial score (nSPS) is 14.1. The molecule has 0 fully saturated rings. The molecule has 18 heavy (non-hydrogen) atoms. The highest BCUT2D eigenvalue weighted by atomic mass is 16.6. The second-order valence-electron chi connectivity index (χ2n) is 4.19. The van der Waals surface area contributed by atoms with Crippen molar-refractivity contribution < 1.29 is 14.3 Å². The van der Waals surface area contributed by atoms with Crippen LogP contribution in [-0.4, -0.2) is 55.3 Å². The Bertz CT molecular complexity index is 315. The number of carbonyl (C=O) groups excluding carboxylic acids is 1. The Morgan fingerprint density at radius 2 is 2.00 bits per heavy atom. The summed E-state index contributed by atoms with van der Waals surface area (Å²) in [5, 5.41) is 0. The highest BCUT2D eigenvalue weighted by Gasteiger charge is 2.09. The van der Waals surface area contributed by atoms with Crippen LogP contribution in [-0.2, 0) is 14.3 Å². The third kappa shape index (κ3) is 5.23. The zero-order chi connectivity index (χ0) is 13.4. The molecule has 1 rings (SSSR count). The Morgan fingerprint density at radius 3 is 2.61 bits per heavy atom. The summed E-state index contributed by atoms with van der Waals surface area (Å²) in [4.78, 5) is 15.5. The number of rotatable bonds is 8. The molecule has 0 bridgehead atoms. The molecule has 1 aliphatic rings. The fourth-order valence-corrected chi connectivity index (χ4v) is 1.47.